The number of aliphatic imine (C=N–C) groups is 1. The Hall–Kier alpha value is -0.850. The highest BCUT2D eigenvalue weighted by Gasteiger charge is 1.47. The second kappa shape index (κ2) is 15.7. The molecule has 1 nitrogen and oxygen atoms in total. The number of hydrogen-bond donors (Lipinski definition) is 0. The van der Waals surface area contributed by atoms with Crippen LogP contribution in [-0.4, -0.2) is 6.72 Å². The normalized spacial score (nSPS) is 7.78. The minimum atomic E-state index is 1.25. The van der Waals surface area contributed by atoms with Crippen LogP contribution in [-0.2, 0) is 0 Å². The van der Waals surface area contributed by atoms with Gasteiger partial charge in [-0.1, -0.05) is 32.9 Å². The SMILES string of the molecule is C=C/C=C\N=C.CCC. The fraction of sp³-hybridized carbons (Fsp3) is 0.375. The Labute approximate surface area is 57.8 Å². The third-order valence-electron chi connectivity index (χ3n) is 0.328. The molecule has 0 saturated carbocycles. The number of allylic oxidation sites excluding steroid dienone is 2. The van der Waals surface area contributed by atoms with Crippen molar-refractivity contribution in [1.29, 1.82) is 0 Å². The van der Waals surface area contributed by atoms with Gasteiger partial charge in [-0.3, -0.25) is 4.99 Å². The Balaban J connectivity index is 0. The van der Waals surface area contributed by atoms with Gasteiger partial charge in [-0.25, -0.2) is 0 Å². The molecule has 0 bridgehead atoms. The third kappa shape index (κ3) is 41.0. The lowest BCUT2D eigenvalue weighted by Gasteiger charge is -1.61. The van der Waals surface area contributed by atoms with Crippen molar-refractivity contribution < 1.29 is 0 Å². The summed E-state index contributed by atoms with van der Waals surface area (Å²) >= 11 is 0. The van der Waals surface area contributed by atoms with Gasteiger partial charge in [0.1, 0.15) is 0 Å². The highest BCUT2D eigenvalue weighted by Crippen LogP contribution is 1.68. The highest BCUT2D eigenvalue weighted by atomic mass is 14.6. The van der Waals surface area contributed by atoms with Gasteiger partial charge in [0, 0.05) is 6.20 Å². The van der Waals surface area contributed by atoms with Crippen LogP contribution in [0.1, 0.15) is 20.3 Å². The van der Waals surface area contributed by atoms with E-state index in [-0.39, 0.29) is 0 Å². The molecular formula is C8H15N. The molecule has 0 unspecified atom stereocenters. The number of hydrogen-bond acceptors (Lipinski definition) is 1. The lowest BCUT2D eigenvalue weighted by atomic mass is 10.6. The van der Waals surface area contributed by atoms with Crippen LogP contribution < -0.4 is 0 Å². The summed E-state index contributed by atoms with van der Waals surface area (Å²) in [6.45, 7) is 10.9. The maximum atomic E-state index is 3.42. The quantitative estimate of drug-likeness (QED) is 0.397. The van der Waals surface area contributed by atoms with Crippen LogP contribution in [0.15, 0.2) is 29.9 Å². The van der Waals surface area contributed by atoms with Crippen LogP contribution in [0.4, 0.5) is 0 Å². The van der Waals surface area contributed by atoms with E-state index in [0.29, 0.717) is 0 Å². The largest absolute Gasteiger partial charge is 0.273 e. The summed E-state index contributed by atoms with van der Waals surface area (Å²) in [4.78, 5) is 3.42. The van der Waals surface area contributed by atoms with Crippen LogP contribution >= 0.6 is 0 Å². The topological polar surface area (TPSA) is 12.4 Å². The molecule has 0 aromatic heterocycles. The molecule has 0 atom stereocenters. The molecule has 9 heavy (non-hydrogen) atoms. The second-order valence-corrected chi connectivity index (χ2v) is 1.47. The van der Waals surface area contributed by atoms with Gasteiger partial charge in [0.15, 0.2) is 0 Å². The Morgan fingerprint density at radius 3 is 2.00 bits per heavy atom. The van der Waals surface area contributed by atoms with E-state index in [1.165, 1.54) is 6.42 Å². The standard InChI is InChI=1S/C5H7N.C3H8/c1-3-4-5-6-2;1-3-2/h3-5H,1-2H2;3H2,1-2H3/b5-4-;. The zero-order chi connectivity index (χ0) is 7.54. The highest BCUT2D eigenvalue weighted by molar-refractivity contribution is 5.25. The molecule has 0 rings (SSSR count). The average molecular weight is 125 g/mol. The van der Waals surface area contributed by atoms with Gasteiger partial charge in [0.25, 0.3) is 0 Å². The minimum absolute atomic E-state index is 1.25. The van der Waals surface area contributed by atoms with Gasteiger partial charge in [0.05, 0.1) is 0 Å². The monoisotopic (exact) mass is 125 g/mol. The molecule has 0 amide bonds. The number of nitrogens with zero attached hydrogens (tertiary/aromatic N) is 1. The van der Waals surface area contributed by atoms with Crippen molar-refractivity contribution in [3.05, 3.63) is 24.9 Å². The first-order valence-corrected chi connectivity index (χ1v) is 3.06. The van der Waals surface area contributed by atoms with Gasteiger partial charge < -0.3 is 0 Å². The maximum absolute atomic E-state index is 3.42. The molecule has 0 N–H and O–H groups in total. The van der Waals surface area contributed by atoms with Crippen LogP contribution in [0.5, 0.6) is 0 Å². The summed E-state index contributed by atoms with van der Waals surface area (Å²) in [6, 6.07) is 0. The summed E-state index contributed by atoms with van der Waals surface area (Å²) in [5.74, 6) is 0. The molecule has 0 aromatic rings. The molecule has 0 spiro atoms. The summed E-state index contributed by atoms with van der Waals surface area (Å²) in [7, 11) is 0. The Morgan fingerprint density at radius 1 is 1.44 bits per heavy atom. The maximum Gasteiger partial charge on any atom is 0.0260 e. The molecule has 0 aliphatic rings. The first-order chi connectivity index (χ1) is 4.33. The van der Waals surface area contributed by atoms with Crippen LogP contribution in [0, 0.1) is 0 Å². The zero-order valence-corrected chi connectivity index (χ0v) is 6.30. The van der Waals surface area contributed by atoms with E-state index < -0.39 is 0 Å². The van der Waals surface area contributed by atoms with Gasteiger partial charge >= 0.3 is 0 Å². The summed E-state index contributed by atoms with van der Waals surface area (Å²) in [5.41, 5.74) is 0. The predicted molar refractivity (Wildman–Crippen MR) is 44.9 cm³/mol. The van der Waals surface area contributed by atoms with E-state index in [2.05, 4.69) is 32.1 Å². The van der Waals surface area contributed by atoms with Crippen LogP contribution in [0.3, 0.4) is 0 Å². The first kappa shape index (κ1) is 11.0. The van der Waals surface area contributed by atoms with Crippen molar-refractivity contribution in [3.8, 4) is 0 Å². The molecule has 0 aliphatic carbocycles. The fourth-order valence-corrected chi connectivity index (χ4v) is 0.122. The van der Waals surface area contributed by atoms with E-state index in [9.17, 15) is 0 Å². The zero-order valence-electron chi connectivity index (χ0n) is 6.30. The van der Waals surface area contributed by atoms with Crippen molar-refractivity contribution in [2.24, 2.45) is 4.99 Å². The predicted octanol–water partition coefficient (Wildman–Crippen LogP) is 2.80. The lowest BCUT2D eigenvalue weighted by molar-refractivity contribution is 1.09. The molecule has 0 heterocycles. The fourth-order valence-electron chi connectivity index (χ4n) is 0.122. The summed E-state index contributed by atoms with van der Waals surface area (Å²) in [5, 5.41) is 0. The molecule has 0 aromatic carbocycles. The van der Waals surface area contributed by atoms with Crippen molar-refractivity contribution in [2.45, 2.75) is 20.3 Å². The Morgan fingerprint density at radius 2 is 1.89 bits per heavy atom. The van der Waals surface area contributed by atoms with Gasteiger partial charge in [0.2, 0.25) is 0 Å². The minimum Gasteiger partial charge on any atom is -0.273 e. The third-order valence-corrected chi connectivity index (χ3v) is 0.328. The molecule has 1 heteroatoms. The molecule has 0 aliphatic heterocycles. The molecule has 0 fully saturated rings. The first-order valence-electron chi connectivity index (χ1n) is 3.06. The van der Waals surface area contributed by atoms with Crippen molar-refractivity contribution in [2.75, 3.05) is 0 Å². The van der Waals surface area contributed by atoms with E-state index in [1.54, 1.807) is 18.4 Å². The molecule has 0 saturated heterocycles. The van der Waals surface area contributed by atoms with Crippen molar-refractivity contribution in [1.82, 2.24) is 0 Å². The second-order valence-electron chi connectivity index (χ2n) is 1.47. The van der Waals surface area contributed by atoms with E-state index >= 15 is 0 Å². The van der Waals surface area contributed by atoms with Crippen LogP contribution in [0.2, 0.25) is 0 Å². The van der Waals surface area contributed by atoms with E-state index in [1.807, 2.05) is 0 Å². The Bertz CT molecular complexity index is 72.6. The molecule has 0 radical (unpaired) electrons. The van der Waals surface area contributed by atoms with Gasteiger partial charge in [-0.05, 0) is 12.8 Å². The van der Waals surface area contributed by atoms with E-state index in [0.717, 1.165) is 0 Å². The molecule has 52 valence electrons. The molecular weight excluding hydrogens is 110 g/mol. The summed E-state index contributed by atoms with van der Waals surface area (Å²) in [6.07, 6.45) is 6.19. The van der Waals surface area contributed by atoms with Crippen molar-refractivity contribution in [3.63, 3.8) is 0 Å². The Kier molecular flexibility index (Phi) is 19.2. The van der Waals surface area contributed by atoms with Gasteiger partial charge in [-0.2, -0.15) is 0 Å². The smallest absolute Gasteiger partial charge is 0.0260 e. The average Bonchev–Trinajstić information content (AvgIpc) is 1.86. The van der Waals surface area contributed by atoms with Crippen LogP contribution in [0.25, 0.3) is 0 Å². The van der Waals surface area contributed by atoms with Gasteiger partial charge in [-0.15, -0.1) is 0 Å². The van der Waals surface area contributed by atoms with Crippen molar-refractivity contribution >= 4 is 6.72 Å². The summed E-state index contributed by atoms with van der Waals surface area (Å²) < 4.78 is 0. The van der Waals surface area contributed by atoms with E-state index in [4.69, 9.17) is 0 Å². The lowest BCUT2D eigenvalue weighted by Crippen LogP contribution is -1.40. The number of rotatable bonds is 2.